The summed E-state index contributed by atoms with van der Waals surface area (Å²) in [6.07, 6.45) is 3.54. The number of ether oxygens (including phenoxy) is 1. The molecule has 1 heterocycles. The second-order valence-electron chi connectivity index (χ2n) is 4.45. The molecular weight excluding hydrogens is 202 g/mol. The van der Waals surface area contributed by atoms with E-state index in [-0.39, 0.29) is 5.54 Å². The highest BCUT2D eigenvalue weighted by Gasteiger charge is 2.15. The average Bonchev–Trinajstić information content (AvgIpc) is 2.26. The SMILES string of the molecule is CCCOc1cc(NC(C)(C)CC)ncn1. The summed E-state index contributed by atoms with van der Waals surface area (Å²) < 4.78 is 5.45. The van der Waals surface area contributed by atoms with E-state index >= 15 is 0 Å². The monoisotopic (exact) mass is 223 g/mol. The minimum Gasteiger partial charge on any atom is -0.478 e. The van der Waals surface area contributed by atoms with Crippen LogP contribution in [0.1, 0.15) is 40.5 Å². The molecule has 4 nitrogen and oxygen atoms in total. The van der Waals surface area contributed by atoms with Gasteiger partial charge in [-0.15, -0.1) is 0 Å². The van der Waals surface area contributed by atoms with Gasteiger partial charge in [0.2, 0.25) is 5.88 Å². The second kappa shape index (κ2) is 5.68. The predicted octanol–water partition coefficient (Wildman–Crippen LogP) is 2.87. The average molecular weight is 223 g/mol. The van der Waals surface area contributed by atoms with Gasteiger partial charge in [0, 0.05) is 11.6 Å². The van der Waals surface area contributed by atoms with E-state index in [1.165, 1.54) is 6.33 Å². The Morgan fingerprint density at radius 3 is 2.69 bits per heavy atom. The number of nitrogens with one attached hydrogen (secondary N) is 1. The summed E-state index contributed by atoms with van der Waals surface area (Å²) in [5, 5.41) is 3.35. The molecule has 0 radical (unpaired) electrons. The van der Waals surface area contributed by atoms with Gasteiger partial charge in [0.05, 0.1) is 6.61 Å². The molecule has 0 fully saturated rings. The van der Waals surface area contributed by atoms with Gasteiger partial charge in [-0.1, -0.05) is 13.8 Å². The highest BCUT2D eigenvalue weighted by molar-refractivity contribution is 5.39. The molecule has 0 saturated carbocycles. The Balaban J connectivity index is 2.67. The second-order valence-corrected chi connectivity index (χ2v) is 4.45. The Bertz CT molecular complexity index is 326. The minimum atomic E-state index is 0.0381. The van der Waals surface area contributed by atoms with Crippen molar-refractivity contribution in [3.8, 4) is 5.88 Å². The van der Waals surface area contributed by atoms with Gasteiger partial charge in [0.25, 0.3) is 0 Å². The molecule has 0 bridgehead atoms. The Morgan fingerprint density at radius 1 is 1.31 bits per heavy atom. The van der Waals surface area contributed by atoms with Crippen LogP contribution in [0, 0.1) is 0 Å². The molecule has 0 saturated heterocycles. The van der Waals surface area contributed by atoms with Crippen LogP contribution in [0.2, 0.25) is 0 Å². The Kier molecular flexibility index (Phi) is 4.52. The normalized spacial score (nSPS) is 11.2. The first-order valence-electron chi connectivity index (χ1n) is 5.80. The zero-order valence-electron chi connectivity index (χ0n) is 10.6. The summed E-state index contributed by atoms with van der Waals surface area (Å²) in [5.41, 5.74) is 0.0381. The Hall–Kier alpha value is -1.32. The molecule has 16 heavy (non-hydrogen) atoms. The van der Waals surface area contributed by atoms with Crippen molar-refractivity contribution < 1.29 is 4.74 Å². The van der Waals surface area contributed by atoms with Gasteiger partial charge in [-0.3, -0.25) is 0 Å². The van der Waals surface area contributed by atoms with Crippen molar-refractivity contribution in [2.24, 2.45) is 0 Å². The van der Waals surface area contributed by atoms with Gasteiger partial charge in [0.15, 0.2) is 0 Å². The number of hydrogen-bond acceptors (Lipinski definition) is 4. The lowest BCUT2D eigenvalue weighted by molar-refractivity contribution is 0.305. The molecule has 0 aliphatic carbocycles. The third-order valence-corrected chi connectivity index (χ3v) is 2.45. The fourth-order valence-electron chi connectivity index (χ4n) is 1.13. The Morgan fingerprint density at radius 2 is 2.06 bits per heavy atom. The summed E-state index contributed by atoms with van der Waals surface area (Å²) in [6, 6.07) is 1.84. The number of hydrogen-bond donors (Lipinski definition) is 1. The van der Waals surface area contributed by atoms with Crippen LogP contribution in [0.3, 0.4) is 0 Å². The summed E-state index contributed by atoms with van der Waals surface area (Å²) in [5.74, 6) is 1.44. The molecule has 0 spiro atoms. The third kappa shape index (κ3) is 4.04. The van der Waals surface area contributed by atoms with E-state index in [1.54, 1.807) is 0 Å². The molecule has 1 rings (SSSR count). The molecule has 0 amide bonds. The van der Waals surface area contributed by atoms with Crippen LogP contribution in [0.5, 0.6) is 5.88 Å². The topological polar surface area (TPSA) is 47.0 Å². The fraction of sp³-hybridized carbons (Fsp3) is 0.667. The van der Waals surface area contributed by atoms with E-state index in [0.717, 1.165) is 18.7 Å². The van der Waals surface area contributed by atoms with Crippen molar-refractivity contribution in [1.29, 1.82) is 0 Å². The van der Waals surface area contributed by atoms with Gasteiger partial charge >= 0.3 is 0 Å². The van der Waals surface area contributed by atoms with Gasteiger partial charge in [-0.2, -0.15) is 0 Å². The maximum Gasteiger partial charge on any atom is 0.218 e. The number of anilines is 1. The van der Waals surface area contributed by atoms with Crippen LogP contribution in [0.25, 0.3) is 0 Å². The molecular formula is C12H21N3O. The first kappa shape index (κ1) is 12.7. The number of nitrogens with zero attached hydrogens (tertiary/aromatic N) is 2. The van der Waals surface area contributed by atoms with Gasteiger partial charge in [-0.05, 0) is 26.7 Å². The maximum absolute atomic E-state index is 5.45. The molecule has 1 aromatic rings. The summed E-state index contributed by atoms with van der Waals surface area (Å²) in [6.45, 7) is 9.18. The van der Waals surface area contributed by atoms with Crippen molar-refractivity contribution in [1.82, 2.24) is 9.97 Å². The lowest BCUT2D eigenvalue weighted by Crippen LogP contribution is -2.30. The zero-order chi connectivity index (χ0) is 12.0. The summed E-state index contributed by atoms with van der Waals surface area (Å²) in [7, 11) is 0. The van der Waals surface area contributed by atoms with Gasteiger partial charge in [0.1, 0.15) is 12.1 Å². The molecule has 1 aromatic heterocycles. The largest absolute Gasteiger partial charge is 0.478 e. The highest BCUT2D eigenvalue weighted by atomic mass is 16.5. The van der Waals surface area contributed by atoms with E-state index in [0.29, 0.717) is 12.5 Å². The van der Waals surface area contributed by atoms with Crippen molar-refractivity contribution in [3.63, 3.8) is 0 Å². The molecule has 90 valence electrons. The van der Waals surface area contributed by atoms with Crippen LogP contribution in [0.4, 0.5) is 5.82 Å². The zero-order valence-corrected chi connectivity index (χ0v) is 10.6. The first-order valence-corrected chi connectivity index (χ1v) is 5.80. The van der Waals surface area contributed by atoms with Crippen LogP contribution in [-0.4, -0.2) is 22.1 Å². The third-order valence-electron chi connectivity index (χ3n) is 2.45. The fourth-order valence-corrected chi connectivity index (χ4v) is 1.13. The molecule has 4 heteroatoms. The van der Waals surface area contributed by atoms with Gasteiger partial charge in [-0.25, -0.2) is 9.97 Å². The molecule has 0 aromatic carbocycles. The predicted molar refractivity (Wildman–Crippen MR) is 65.8 cm³/mol. The minimum absolute atomic E-state index is 0.0381. The van der Waals surface area contributed by atoms with Crippen molar-refractivity contribution in [3.05, 3.63) is 12.4 Å². The number of aromatic nitrogens is 2. The molecule has 1 N–H and O–H groups in total. The van der Waals surface area contributed by atoms with Crippen molar-refractivity contribution >= 4 is 5.82 Å². The standard InChI is InChI=1S/C12H21N3O/c1-5-7-16-11-8-10(13-9-14-11)15-12(3,4)6-2/h8-9H,5-7H2,1-4H3,(H,13,14,15). The van der Waals surface area contributed by atoms with Crippen molar-refractivity contribution in [2.75, 3.05) is 11.9 Å². The highest BCUT2D eigenvalue weighted by Crippen LogP contribution is 2.18. The van der Waals surface area contributed by atoms with Crippen LogP contribution < -0.4 is 10.1 Å². The maximum atomic E-state index is 5.45. The van der Waals surface area contributed by atoms with Crippen molar-refractivity contribution in [2.45, 2.75) is 46.1 Å². The summed E-state index contributed by atoms with van der Waals surface area (Å²) >= 11 is 0. The lowest BCUT2D eigenvalue weighted by atomic mass is 10.0. The summed E-state index contributed by atoms with van der Waals surface area (Å²) in [4.78, 5) is 8.24. The van der Waals surface area contributed by atoms with E-state index < -0.39 is 0 Å². The molecule has 0 unspecified atom stereocenters. The van der Waals surface area contributed by atoms with Gasteiger partial charge < -0.3 is 10.1 Å². The van der Waals surface area contributed by atoms with E-state index in [4.69, 9.17) is 4.74 Å². The van der Waals surface area contributed by atoms with Crippen LogP contribution in [0.15, 0.2) is 12.4 Å². The molecule has 0 aliphatic rings. The van der Waals surface area contributed by atoms with Crippen LogP contribution >= 0.6 is 0 Å². The number of rotatable bonds is 6. The quantitative estimate of drug-likeness (QED) is 0.805. The van der Waals surface area contributed by atoms with Crippen LogP contribution in [-0.2, 0) is 0 Å². The lowest BCUT2D eigenvalue weighted by Gasteiger charge is -2.25. The molecule has 0 aliphatic heterocycles. The first-order chi connectivity index (χ1) is 7.57. The smallest absolute Gasteiger partial charge is 0.218 e. The Labute approximate surface area is 97.5 Å². The van der Waals surface area contributed by atoms with E-state index in [9.17, 15) is 0 Å². The molecule has 0 atom stereocenters. The van der Waals surface area contributed by atoms with E-state index in [1.807, 2.05) is 6.07 Å². The van der Waals surface area contributed by atoms with E-state index in [2.05, 4.69) is 43.0 Å².